The van der Waals surface area contributed by atoms with Crippen LogP contribution >= 0.6 is 0 Å². The lowest BCUT2D eigenvalue weighted by atomic mass is 9.96. The van der Waals surface area contributed by atoms with Crippen LogP contribution in [0.5, 0.6) is 28.7 Å². The van der Waals surface area contributed by atoms with Gasteiger partial charge < -0.3 is 74.7 Å². The molecule has 43 heavy (non-hydrogen) atoms. The molecule has 10 atom stereocenters. The fourth-order valence-corrected chi connectivity index (χ4v) is 5.14. The lowest BCUT2D eigenvalue weighted by molar-refractivity contribution is -0.296. The number of aliphatic hydroxyl groups is 6. The van der Waals surface area contributed by atoms with Crippen molar-refractivity contribution in [1.82, 2.24) is 0 Å². The fraction of sp³-hybridized carbons (Fsp3) is 0.500. The van der Waals surface area contributed by atoms with Crippen molar-refractivity contribution in [2.24, 2.45) is 0 Å². The highest BCUT2D eigenvalue weighted by Crippen LogP contribution is 2.43. The molecule has 3 aliphatic rings. The number of aromatic hydroxyl groups is 4. The number of phenolic OH excluding ortho intramolecular Hbond substituents is 4. The van der Waals surface area contributed by atoms with Gasteiger partial charge in [0.15, 0.2) is 17.3 Å². The molecule has 2 aromatic carbocycles. The molecule has 0 aliphatic carbocycles. The third-order valence-corrected chi connectivity index (χ3v) is 7.65. The molecule has 0 aromatic heterocycles. The van der Waals surface area contributed by atoms with Crippen LogP contribution in [-0.4, -0.2) is 126 Å². The maximum atomic E-state index is 10.7. The molecule has 0 amide bonds. The number of allylic oxidation sites excluding steroid dienone is 1. The summed E-state index contributed by atoms with van der Waals surface area (Å²) in [5, 5.41) is 102. The van der Waals surface area contributed by atoms with Crippen molar-refractivity contribution >= 4 is 5.76 Å². The van der Waals surface area contributed by atoms with Crippen molar-refractivity contribution < 1.29 is 74.7 Å². The number of phenols is 4. The summed E-state index contributed by atoms with van der Waals surface area (Å²) in [4.78, 5) is 0. The van der Waals surface area contributed by atoms with Crippen LogP contribution in [0.2, 0.25) is 0 Å². The molecular formula is C28H34O15. The van der Waals surface area contributed by atoms with Crippen molar-refractivity contribution in [3.8, 4) is 28.7 Å². The van der Waals surface area contributed by atoms with Crippen LogP contribution in [0.1, 0.15) is 18.1 Å². The van der Waals surface area contributed by atoms with E-state index in [-0.39, 0.29) is 59.5 Å². The lowest BCUT2D eigenvalue weighted by Crippen LogP contribution is -2.60. The Morgan fingerprint density at radius 1 is 0.721 bits per heavy atom. The minimum Gasteiger partial charge on any atom is -0.508 e. The molecule has 2 fully saturated rings. The predicted octanol–water partition coefficient (Wildman–Crippen LogP) is -1.48. The summed E-state index contributed by atoms with van der Waals surface area (Å²) < 4.78 is 28.6. The quantitative estimate of drug-likeness (QED) is 0.161. The Balaban J connectivity index is 1.35. The monoisotopic (exact) mass is 610 g/mol. The van der Waals surface area contributed by atoms with Crippen LogP contribution in [0, 0.1) is 0 Å². The SMILES string of the molecule is C[C@@H]1O[C@H](COC[C@@H]2O[C@@H](OC3=C(c4ccc(O)c(O)c4)Oc4cc(O)cc(O)c4C3)[C@H](O)[C@H](O)[C@@H]2O)[C@H](O)[C@@H](O)[C@@H]1O. The Morgan fingerprint density at radius 3 is 2.05 bits per heavy atom. The maximum Gasteiger partial charge on any atom is 0.228 e. The smallest absolute Gasteiger partial charge is 0.228 e. The average Bonchev–Trinajstić information content (AvgIpc) is 2.97. The van der Waals surface area contributed by atoms with Crippen LogP contribution < -0.4 is 4.74 Å². The van der Waals surface area contributed by atoms with E-state index in [4.69, 9.17) is 23.7 Å². The van der Waals surface area contributed by atoms with E-state index in [1.165, 1.54) is 31.2 Å². The van der Waals surface area contributed by atoms with E-state index in [2.05, 4.69) is 0 Å². The molecule has 2 aromatic rings. The number of hydrogen-bond acceptors (Lipinski definition) is 15. The second kappa shape index (κ2) is 12.3. The van der Waals surface area contributed by atoms with Crippen molar-refractivity contribution in [3.63, 3.8) is 0 Å². The number of ether oxygens (including phenoxy) is 5. The van der Waals surface area contributed by atoms with Crippen LogP contribution in [0.15, 0.2) is 36.1 Å². The Kier molecular flexibility index (Phi) is 8.89. The van der Waals surface area contributed by atoms with E-state index < -0.39 is 72.7 Å². The second-order valence-electron chi connectivity index (χ2n) is 10.7. The first-order chi connectivity index (χ1) is 20.3. The Hall–Kier alpha value is -3.38. The highest BCUT2D eigenvalue weighted by molar-refractivity contribution is 5.71. The summed E-state index contributed by atoms with van der Waals surface area (Å²) in [6.07, 6.45) is -14.2. The fourth-order valence-electron chi connectivity index (χ4n) is 5.14. The van der Waals surface area contributed by atoms with Gasteiger partial charge in [-0.05, 0) is 25.1 Å². The van der Waals surface area contributed by atoms with Gasteiger partial charge in [-0.1, -0.05) is 0 Å². The van der Waals surface area contributed by atoms with Gasteiger partial charge in [-0.3, -0.25) is 0 Å². The molecule has 236 valence electrons. The molecule has 2 saturated heterocycles. The van der Waals surface area contributed by atoms with Gasteiger partial charge in [0, 0.05) is 29.7 Å². The number of benzene rings is 2. The van der Waals surface area contributed by atoms with Gasteiger partial charge in [0.25, 0.3) is 0 Å². The van der Waals surface area contributed by atoms with Gasteiger partial charge in [0.1, 0.15) is 71.8 Å². The minimum absolute atomic E-state index is 0.0321. The summed E-state index contributed by atoms with van der Waals surface area (Å²) in [5.74, 6) is -1.50. The standard InChI is InChI=1S/C28H34O15/c1-10-21(33)24(36)22(34)19(40-10)8-39-9-20-23(35)25(37)26(38)28(43-20)42-18-7-13-15(31)5-12(29)6-17(13)41-27(18)11-2-3-14(30)16(32)4-11/h2-6,10,19-26,28-38H,7-9H2,1H3/t10-,19+,20-,21+,22-,23+,24-,25+,26+,28+/m0/s1. The van der Waals surface area contributed by atoms with Crippen molar-refractivity contribution in [3.05, 3.63) is 47.2 Å². The summed E-state index contributed by atoms with van der Waals surface area (Å²) in [6, 6.07) is 6.10. The zero-order chi connectivity index (χ0) is 31.2. The zero-order valence-electron chi connectivity index (χ0n) is 22.8. The Labute approximate surface area is 244 Å². The van der Waals surface area contributed by atoms with Crippen molar-refractivity contribution in [2.45, 2.75) is 74.6 Å². The van der Waals surface area contributed by atoms with Crippen LogP contribution in [0.25, 0.3) is 5.76 Å². The molecule has 0 spiro atoms. The van der Waals surface area contributed by atoms with Gasteiger partial charge in [-0.15, -0.1) is 0 Å². The molecule has 0 saturated carbocycles. The molecule has 15 nitrogen and oxygen atoms in total. The largest absolute Gasteiger partial charge is 0.508 e. The number of aliphatic hydroxyl groups excluding tert-OH is 6. The third kappa shape index (κ3) is 6.17. The number of fused-ring (bicyclic) bond motifs is 1. The third-order valence-electron chi connectivity index (χ3n) is 7.65. The highest BCUT2D eigenvalue weighted by Gasteiger charge is 2.47. The molecule has 3 aliphatic heterocycles. The molecule has 5 rings (SSSR count). The van der Waals surface area contributed by atoms with E-state index >= 15 is 0 Å². The van der Waals surface area contributed by atoms with Crippen LogP contribution in [0.3, 0.4) is 0 Å². The van der Waals surface area contributed by atoms with E-state index in [1.54, 1.807) is 0 Å². The van der Waals surface area contributed by atoms with Gasteiger partial charge in [-0.2, -0.15) is 0 Å². The summed E-state index contributed by atoms with van der Waals surface area (Å²) in [6.45, 7) is 0.864. The predicted molar refractivity (Wildman–Crippen MR) is 142 cm³/mol. The Bertz CT molecular complexity index is 1350. The van der Waals surface area contributed by atoms with E-state index in [0.29, 0.717) is 0 Å². The van der Waals surface area contributed by atoms with E-state index in [0.717, 1.165) is 6.07 Å². The first-order valence-electron chi connectivity index (χ1n) is 13.5. The summed E-state index contributed by atoms with van der Waals surface area (Å²) >= 11 is 0. The molecule has 0 radical (unpaired) electrons. The van der Waals surface area contributed by atoms with Crippen LogP contribution in [0.4, 0.5) is 0 Å². The van der Waals surface area contributed by atoms with Crippen molar-refractivity contribution in [2.75, 3.05) is 13.2 Å². The summed E-state index contributed by atoms with van der Waals surface area (Å²) in [5.41, 5.74) is 0.412. The molecule has 0 unspecified atom stereocenters. The first kappa shape index (κ1) is 31.1. The molecule has 3 heterocycles. The topological polar surface area (TPSA) is 248 Å². The second-order valence-corrected chi connectivity index (χ2v) is 10.7. The normalized spacial score (nSPS) is 34.4. The molecular weight excluding hydrogens is 576 g/mol. The maximum absolute atomic E-state index is 10.7. The molecule has 15 heteroatoms. The lowest BCUT2D eigenvalue weighted by Gasteiger charge is -2.41. The van der Waals surface area contributed by atoms with Crippen molar-refractivity contribution in [1.29, 1.82) is 0 Å². The van der Waals surface area contributed by atoms with Gasteiger partial charge in [0.05, 0.1) is 19.3 Å². The Morgan fingerprint density at radius 2 is 1.37 bits per heavy atom. The number of rotatable bonds is 7. The molecule has 10 N–H and O–H groups in total. The van der Waals surface area contributed by atoms with Gasteiger partial charge in [0.2, 0.25) is 6.29 Å². The highest BCUT2D eigenvalue weighted by atomic mass is 16.7. The number of hydrogen-bond donors (Lipinski definition) is 10. The van der Waals surface area contributed by atoms with E-state index in [1.807, 2.05) is 0 Å². The van der Waals surface area contributed by atoms with E-state index in [9.17, 15) is 51.1 Å². The van der Waals surface area contributed by atoms with Gasteiger partial charge >= 0.3 is 0 Å². The average molecular weight is 611 g/mol. The first-order valence-corrected chi connectivity index (χ1v) is 13.5. The summed E-state index contributed by atoms with van der Waals surface area (Å²) in [7, 11) is 0. The molecule has 0 bridgehead atoms. The zero-order valence-corrected chi connectivity index (χ0v) is 22.8. The van der Waals surface area contributed by atoms with Gasteiger partial charge in [-0.25, -0.2) is 0 Å². The van der Waals surface area contributed by atoms with Crippen LogP contribution in [-0.2, 0) is 25.4 Å². The minimum atomic E-state index is -1.77.